The lowest BCUT2D eigenvalue weighted by Crippen LogP contribution is -2.38. The summed E-state index contributed by atoms with van der Waals surface area (Å²) in [5.74, 6) is -0.832. The van der Waals surface area contributed by atoms with Crippen LogP contribution in [-0.2, 0) is 11.3 Å². The van der Waals surface area contributed by atoms with E-state index in [1.165, 1.54) is 6.26 Å². The first-order valence-electron chi connectivity index (χ1n) is 7.33. The molecule has 26 heavy (non-hydrogen) atoms. The minimum Gasteiger partial charge on any atom is -0.467 e. The summed E-state index contributed by atoms with van der Waals surface area (Å²) >= 11 is 24.0. The molecule has 3 rings (SSSR count). The minimum absolute atomic E-state index is 0.109. The number of rotatable bonds is 6. The van der Waals surface area contributed by atoms with Gasteiger partial charge in [-0.2, -0.15) is 0 Å². The highest BCUT2D eigenvalue weighted by Crippen LogP contribution is 2.44. The van der Waals surface area contributed by atoms with E-state index in [0.717, 1.165) is 4.90 Å². The van der Waals surface area contributed by atoms with Crippen LogP contribution in [0.2, 0.25) is 20.1 Å². The van der Waals surface area contributed by atoms with Gasteiger partial charge in [-0.05, 0) is 12.1 Å². The zero-order valence-corrected chi connectivity index (χ0v) is 16.0. The van der Waals surface area contributed by atoms with Crippen LogP contribution in [0.4, 0.5) is 0 Å². The van der Waals surface area contributed by atoms with Crippen LogP contribution in [0.3, 0.4) is 0 Å². The fourth-order valence-electron chi connectivity index (χ4n) is 2.52. The van der Waals surface area contributed by atoms with Crippen molar-refractivity contribution in [2.75, 3.05) is 13.2 Å². The van der Waals surface area contributed by atoms with Gasteiger partial charge in [0.05, 0.1) is 56.7 Å². The normalized spacial score (nSPS) is 14.9. The molecule has 1 aliphatic heterocycles. The van der Waals surface area contributed by atoms with Crippen LogP contribution in [-0.4, -0.2) is 41.1 Å². The Bertz CT molecular complexity index is 821. The molecule has 0 bridgehead atoms. The molecule has 6 nitrogen and oxygen atoms in total. The number of halogens is 4. The third kappa shape index (κ3) is 3.45. The third-order valence-electron chi connectivity index (χ3n) is 3.71. The summed E-state index contributed by atoms with van der Waals surface area (Å²) in [4.78, 5) is 25.9. The Morgan fingerprint density at radius 1 is 1.04 bits per heavy atom. The van der Waals surface area contributed by atoms with Gasteiger partial charge in [0.15, 0.2) is 0 Å². The number of aliphatic hydroxyl groups excluding tert-OH is 1. The molecule has 138 valence electrons. The topological polar surface area (TPSA) is 80.0 Å². The molecule has 0 saturated carbocycles. The van der Waals surface area contributed by atoms with E-state index >= 15 is 0 Å². The van der Waals surface area contributed by atoms with Gasteiger partial charge in [0.2, 0.25) is 0 Å². The van der Waals surface area contributed by atoms with Gasteiger partial charge >= 0.3 is 0 Å². The molecule has 0 saturated heterocycles. The molecule has 2 heterocycles. The number of furan rings is 1. The summed E-state index contributed by atoms with van der Waals surface area (Å²) in [6, 6.07) is 3.42. The van der Waals surface area contributed by atoms with Crippen molar-refractivity contribution in [2.45, 2.75) is 12.7 Å². The minimum atomic E-state index is -1.12. The zero-order valence-electron chi connectivity index (χ0n) is 13.0. The van der Waals surface area contributed by atoms with Gasteiger partial charge in [-0.15, -0.1) is 0 Å². The number of hydrogen-bond donors (Lipinski definition) is 1. The molecule has 0 aliphatic carbocycles. The number of nitrogens with zero attached hydrogens (tertiary/aromatic N) is 1. The van der Waals surface area contributed by atoms with Crippen molar-refractivity contribution in [3.63, 3.8) is 0 Å². The molecule has 1 aromatic heterocycles. The molecule has 0 fully saturated rings. The Kier molecular flexibility index (Phi) is 5.81. The number of imide groups is 1. The van der Waals surface area contributed by atoms with E-state index in [1.807, 2.05) is 0 Å². The fraction of sp³-hybridized carbons (Fsp3) is 0.250. The number of benzene rings is 1. The number of fused-ring (bicyclic) bond motifs is 1. The van der Waals surface area contributed by atoms with E-state index in [-0.39, 0.29) is 51.0 Å². The Hall–Kier alpha value is -1.28. The molecule has 10 heteroatoms. The van der Waals surface area contributed by atoms with E-state index in [4.69, 9.17) is 55.6 Å². The highest BCUT2D eigenvalue weighted by atomic mass is 35.5. The van der Waals surface area contributed by atoms with Crippen molar-refractivity contribution in [1.29, 1.82) is 0 Å². The largest absolute Gasteiger partial charge is 0.467 e. The molecule has 1 aliphatic rings. The van der Waals surface area contributed by atoms with Crippen LogP contribution >= 0.6 is 46.4 Å². The second-order valence-electron chi connectivity index (χ2n) is 5.48. The van der Waals surface area contributed by atoms with Crippen LogP contribution < -0.4 is 0 Å². The maximum atomic E-state index is 12.5. The van der Waals surface area contributed by atoms with Crippen molar-refractivity contribution in [3.8, 4) is 0 Å². The standard InChI is InChI=1S/C16H11Cl4NO5/c17-11-9-10(12(18)14(20)13(11)19)16(24)21(15(9)23)4-7(22)5-25-6-8-2-1-3-26-8/h1-3,7,22H,4-6H2/t7-/m0/s1. The molecule has 1 N–H and O–H groups in total. The van der Waals surface area contributed by atoms with E-state index in [2.05, 4.69) is 0 Å². The maximum absolute atomic E-state index is 12.5. The SMILES string of the molecule is O=C1c2c(Cl)c(Cl)c(Cl)c(Cl)c2C(=O)N1C[C@H](O)COCc1ccco1. The predicted molar refractivity (Wildman–Crippen MR) is 96.2 cm³/mol. The first kappa shape index (κ1) is 19.5. The van der Waals surface area contributed by atoms with Crippen LogP contribution in [0.15, 0.2) is 22.8 Å². The van der Waals surface area contributed by atoms with Crippen molar-refractivity contribution in [2.24, 2.45) is 0 Å². The second kappa shape index (κ2) is 7.76. The lowest BCUT2D eigenvalue weighted by Gasteiger charge is -2.18. The first-order chi connectivity index (χ1) is 12.3. The highest BCUT2D eigenvalue weighted by Gasteiger charge is 2.42. The molecule has 0 spiro atoms. The van der Waals surface area contributed by atoms with Gasteiger partial charge in [-0.3, -0.25) is 14.5 Å². The third-order valence-corrected chi connectivity index (χ3v) is 5.52. The molecule has 2 aromatic rings. The molecular formula is C16H11Cl4NO5. The Labute approximate surface area is 168 Å². The summed E-state index contributed by atoms with van der Waals surface area (Å²) in [6.07, 6.45) is 0.383. The average Bonchev–Trinajstić information content (AvgIpc) is 3.20. The first-order valence-corrected chi connectivity index (χ1v) is 8.84. The van der Waals surface area contributed by atoms with Crippen molar-refractivity contribution in [1.82, 2.24) is 4.90 Å². The van der Waals surface area contributed by atoms with E-state index in [0.29, 0.717) is 5.76 Å². The fourth-order valence-corrected chi connectivity index (χ4v) is 3.53. The van der Waals surface area contributed by atoms with Gasteiger partial charge in [-0.25, -0.2) is 0 Å². The Morgan fingerprint density at radius 3 is 2.12 bits per heavy atom. The van der Waals surface area contributed by atoms with Gasteiger partial charge in [0.25, 0.3) is 11.8 Å². The number of aliphatic hydroxyl groups is 1. The lowest BCUT2D eigenvalue weighted by molar-refractivity contribution is 0.00768. The zero-order chi connectivity index (χ0) is 19.0. The number of β-amino-alcohol motifs (C(OH)–C–C–N with tert-alkyl or cyclic N) is 1. The number of carbonyl (C=O) groups is 2. The maximum Gasteiger partial charge on any atom is 0.263 e. The Morgan fingerprint density at radius 2 is 1.62 bits per heavy atom. The second-order valence-corrected chi connectivity index (χ2v) is 6.99. The van der Waals surface area contributed by atoms with Crippen LogP contribution in [0.25, 0.3) is 0 Å². The molecule has 0 unspecified atom stereocenters. The summed E-state index contributed by atoms with van der Waals surface area (Å²) in [7, 11) is 0. The monoisotopic (exact) mass is 437 g/mol. The van der Waals surface area contributed by atoms with Gasteiger partial charge in [-0.1, -0.05) is 46.4 Å². The lowest BCUT2D eigenvalue weighted by atomic mass is 10.1. The highest BCUT2D eigenvalue weighted by molar-refractivity contribution is 6.55. The number of amides is 2. The van der Waals surface area contributed by atoms with Crippen molar-refractivity contribution >= 4 is 58.2 Å². The summed E-state index contributed by atoms with van der Waals surface area (Å²) in [5, 5.41) is 9.56. The Balaban J connectivity index is 1.72. The van der Waals surface area contributed by atoms with Crippen molar-refractivity contribution < 1.29 is 23.8 Å². The molecule has 1 atom stereocenters. The van der Waals surface area contributed by atoms with Crippen LogP contribution in [0.5, 0.6) is 0 Å². The van der Waals surface area contributed by atoms with E-state index < -0.39 is 17.9 Å². The van der Waals surface area contributed by atoms with Gasteiger partial charge in [0, 0.05) is 0 Å². The molecule has 2 amide bonds. The van der Waals surface area contributed by atoms with Gasteiger partial charge < -0.3 is 14.3 Å². The summed E-state index contributed by atoms with van der Waals surface area (Å²) in [6.45, 7) is -0.265. The molecular weight excluding hydrogens is 428 g/mol. The predicted octanol–water partition coefficient (Wildman–Crippen LogP) is 4.07. The quantitative estimate of drug-likeness (QED) is 0.417. The summed E-state index contributed by atoms with van der Waals surface area (Å²) < 4.78 is 10.4. The number of ether oxygens (including phenoxy) is 1. The molecule has 0 radical (unpaired) electrons. The smallest absolute Gasteiger partial charge is 0.263 e. The van der Waals surface area contributed by atoms with E-state index in [9.17, 15) is 14.7 Å². The number of carbonyl (C=O) groups excluding carboxylic acids is 2. The number of hydrogen-bond acceptors (Lipinski definition) is 5. The summed E-state index contributed by atoms with van der Waals surface area (Å²) in [5.41, 5.74) is -0.250. The van der Waals surface area contributed by atoms with E-state index in [1.54, 1.807) is 12.1 Å². The molecule has 1 aromatic carbocycles. The average molecular weight is 439 g/mol. The van der Waals surface area contributed by atoms with Crippen molar-refractivity contribution in [3.05, 3.63) is 55.4 Å². The van der Waals surface area contributed by atoms with Crippen LogP contribution in [0, 0.1) is 0 Å². The van der Waals surface area contributed by atoms with Crippen LogP contribution in [0.1, 0.15) is 26.5 Å². The van der Waals surface area contributed by atoms with Gasteiger partial charge in [0.1, 0.15) is 12.4 Å².